The first-order chi connectivity index (χ1) is 13.6. The van der Waals surface area contributed by atoms with Gasteiger partial charge in [-0.3, -0.25) is 4.79 Å². The molecule has 0 heterocycles. The maximum atomic E-state index is 12.9. The van der Waals surface area contributed by atoms with Gasteiger partial charge in [0.05, 0.1) is 17.2 Å². The highest BCUT2D eigenvalue weighted by molar-refractivity contribution is 6.02. The Morgan fingerprint density at radius 3 is 2.00 bits per heavy atom. The molecule has 164 valence electrons. The van der Waals surface area contributed by atoms with Crippen LogP contribution in [0.25, 0.3) is 6.08 Å². The van der Waals surface area contributed by atoms with E-state index in [1.165, 1.54) is 12.2 Å². The van der Waals surface area contributed by atoms with Gasteiger partial charge in [-0.2, -0.15) is 26.3 Å². The van der Waals surface area contributed by atoms with Gasteiger partial charge < -0.3 is 5.11 Å². The molecule has 0 saturated carbocycles. The number of benzene rings is 1. The number of hydrogen-bond donors (Lipinski definition) is 1. The van der Waals surface area contributed by atoms with Crippen molar-refractivity contribution in [2.45, 2.75) is 52.1 Å². The van der Waals surface area contributed by atoms with Gasteiger partial charge in [0.25, 0.3) is 0 Å². The van der Waals surface area contributed by atoms with E-state index in [0.717, 1.165) is 23.3 Å². The maximum absolute atomic E-state index is 12.9. The highest BCUT2D eigenvalue weighted by Gasteiger charge is 2.36. The Hall–Kier alpha value is -2.35. The SMILES string of the molecule is CC1=C(/C=C/C(=O)/C=C/c2cc(C(F)(F)F)cc(C(F)(F)F)c2)C(C)(C)CCC1O. The molecule has 0 saturated heterocycles. The predicted octanol–water partition coefficient (Wildman–Crippen LogP) is 6.36. The minimum atomic E-state index is -4.95. The van der Waals surface area contributed by atoms with Gasteiger partial charge in [0.15, 0.2) is 5.78 Å². The molecule has 1 aromatic carbocycles. The lowest BCUT2D eigenvalue weighted by Gasteiger charge is -2.35. The summed E-state index contributed by atoms with van der Waals surface area (Å²) in [5.41, 5.74) is -2.04. The Morgan fingerprint density at radius 1 is 1.00 bits per heavy atom. The maximum Gasteiger partial charge on any atom is 0.416 e. The van der Waals surface area contributed by atoms with Crippen LogP contribution in [0.15, 0.2) is 47.6 Å². The summed E-state index contributed by atoms with van der Waals surface area (Å²) in [7, 11) is 0. The minimum Gasteiger partial charge on any atom is -0.389 e. The van der Waals surface area contributed by atoms with E-state index in [1.807, 2.05) is 13.8 Å². The van der Waals surface area contributed by atoms with Crippen molar-refractivity contribution < 1.29 is 36.2 Å². The predicted molar refractivity (Wildman–Crippen MR) is 101 cm³/mol. The zero-order valence-corrected chi connectivity index (χ0v) is 16.7. The Labute approximate surface area is 170 Å². The van der Waals surface area contributed by atoms with Crippen molar-refractivity contribution in [2.24, 2.45) is 5.41 Å². The molecule has 1 N–H and O–H groups in total. The molecule has 1 aliphatic rings. The molecule has 0 spiro atoms. The molecule has 0 aliphatic heterocycles. The summed E-state index contributed by atoms with van der Waals surface area (Å²) in [6.45, 7) is 5.68. The molecule has 0 fully saturated rings. The van der Waals surface area contributed by atoms with Crippen LogP contribution >= 0.6 is 0 Å². The molecule has 8 heteroatoms. The number of alkyl halides is 6. The molecule has 30 heavy (non-hydrogen) atoms. The van der Waals surface area contributed by atoms with Gasteiger partial charge in [0.1, 0.15) is 0 Å². The smallest absolute Gasteiger partial charge is 0.389 e. The quantitative estimate of drug-likeness (QED) is 0.444. The second-order valence-electron chi connectivity index (χ2n) is 7.94. The van der Waals surface area contributed by atoms with Crippen molar-refractivity contribution in [2.75, 3.05) is 0 Å². The first kappa shape index (κ1) is 23.9. The molecule has 2 nitrogen and oxygen atoms in total. The van der Waals surface area contributed by atoms with Crippen molar-refractivity contribution in [1.82, 2.24) is 0 Å². The van der Waals surface area contributed by atoms with E-state index < -0.39 is 35.4 Å². The number of carbonyl (C=O) groups is 1. The number of rotatable bonds is 4. The Balaban J connectivity index is 2.30. The summed E-state index contributed by atoms with van der Waals surface area (Å²) in [4.78, 5) is 12.1. The largest absolute Gasteiger partial charge is 0.416 e. The highest BCUT2D eigenvalue weighted by atomic mass is 19.4. The lowest BCUT2D eigenvalue weighted by molar-refractivity contribution is -0.143. The lowest BCUT2D eigenvalue weighted by atomic mass is 9.71. The van der Waals surface area contributed by atoms with Gasteiger partial charge in [0.2, 0.25) is 0 Å². The van der Waals surface area contributed by atoms with Gasteiger partial charge in [0, 0.05) is 0 Å². The standard InChI is InChI=1S/C22H22F6O2/c1-13-18(20(2,3)9-8-19(13)30)7-6-17(29)5-4-14-10-15(21(23,24)25)12-16(11-14)22(26,27)28/h4-7,10-12,19,30H,8-9H2,1-3H3/b5-4+,7-6+. The summed E-state index contributed by atoms with van der Waals surface area (Å²) >= 11 is 0. The molecule has 0 bridgehead atoms. The van der Waals surface area contributed by atoms with Crippen LogP contribution in [0.4, 0.5) is 26.3 Å². The molecule has 2 rings (SSSR count). The van der Waals surface area contributed by atoms with E-state index >= 15 is 0 Å². The first-order valence-electron chi connectivity index (χ1n) is 9.20. The Kier molecular flexibility index (Phi) is 6.71. The zero-order valence-electron chi connectivity index (χ0n) is 16.7. The van der Waals surface area contributed by atoms with Gasteiger partial charge in [-0.1, -0.05) is 26.0 Å². The minimum absolute atomic E-state index is 0.0325. The summed E-state index contributed by atoms with van der Waals surface area (Å²) in [5.74, 6) is -0.600. The van der Waals surface area contributed by atoms with Gasteiger partial charge in [-0.25, -0.2) is 0 Å². The van der Waals surface area contributed by atoms with Crippen LogP contribution in [0, 0.1) is 5.41 Å². The van der Waals surface area contributed by atoms with Crippen LogP contribution in [0.2, 0.25) is 0 Å². The third-order valence-corrected chi connectivity index (χ3v) is 5.16. The van der Waals surface area contributed by atoms with E-state index in [-0.39, 0.29) is 17.0 Å². The van der Waals surface area contributed by atoms with Crippen molar-refractivity contribution >= 4 is 11.9 Å². The number of aliphatic hydroxyl groups excluding tert-OH is 1. The Morgan fingerprint density at radius 2 is 1.50 bits per heavy atom. The normalized spacial score (nSPS) is 20.4. The summed E-state index contributed by atoms with van der Waals surface area (Å²) in [5, 5.41) is 10.0. The fourth-order valence-corrected chi connectivity index (χ4v) is 3.39. The number of allylic oxidation sites excluding steroid dienone is 4. The van der Waals surface area contributed by atoms with E-state index in [0.29, 0.717) is 25.0 Å². The third-order valence-electron chi connectivity index (χ3n) is 5.16. The number of halogens is 6. The number of hydrogen-bond acceptors (Lipinski definition) is 2. The van der Waals surface area contributed by atoms with Crippen molar-refractivity contribution in [3.8, 4) is 0 Å². The average molecular weight is 432 g/mol. The summed E-state index contributed by atoms with van der Waals surface area (Å²) in [6.07, 6.45) is -4.66. The van der Waals surface area contributed by atoms with E-state index in [1.54, 1.807) is 6.92 Å². The molecular formula is C22H22F6O2. The van der Waals surface area contributed by atoms with Crippen LogP contribution in [0.3, 0.4) is 0 Å². The Bertz CT molecular complexity index is 869. The van der Waals surface area contributed by atoms with E-state index in [9.17, 15) is 36.2 Å². The molecule has 0 radical (unpaired) electrons. The topological polar surface area (TPSA) is 37.3 Å². The average Bonchev–Trinajstić information content (AvgIpc) is 2.61. The second-order valence-corrected chi connectivity index (χ2v) is 7.94. The molecule has 0 amide bonds. The third kappa shape index (κ3) is 5.84. The van der Waals surface area contributed by atoms with Crippen LogP contribution in [-0.4, -0.2) is 17.0 Å². The van der Waals surface area contributed by atoms with Crippen LogP contribution in [0.5, 0.6) is 0 Å². The van der Waals surface area contributed by atoms with Gasteiger partial charge in [-0.05, 0) is 72.2 Å². The van der Waals surface area contributed by atoms with Crippen LogP contribution in [-0.2, 0) is 17.1 Å². The van der Waals surface area contributed by atoms with Crippen molar-refractivity contribution in [3.05, 3.63) is 64.3 Å². The zero-order chi connectivity index (χ0) is 22.9. The fraction of sp³-hybridized carbons (Fsp3) is 0.409. The molecule has 1 unspecified atom stereocenters. The lowest BCUT2D eigenvalue weighted by Crippen LogP contribution is -2.27. The molecular weight excluding hydrogens is 410 g/mol. The molecule has 1 aliphatic carbocycles. The summed E-state index contributed by atoms with van der Waals surface area (Å²) in [6, 6.07) is 1.14. The second kappa shape index (κ2) is 8.41. The number of aliphatic hydroxyl groups is 1. The molecule has 1 atom stereocenters. The number of carbonyl (C=O) groups excluding carboxylic acids is 1. The van der Waals surface area contributed by atoms with Gasteiger partial charge >= 0.3 is 12.4 Å². The summed E-state index contributed by atoms with van der Waals surface area (Å²) < 4.78 is 77.4. The van der Waals surface area contributed by atoms with Crippen molar-refractivity contribution in [3.63, 3.8) is 0 Å². The molecule has 0 aromatic heterocycles. The highest BCUT2D eigenvalue weighted by Crippen LogP contribution is 2.41. The van der Waals surface area contributed by atoms with Crippen LogP contribution in [0.1, 0.15) is 50.3 Å². The number of ketones is 1. The monoisotopic (exact) mass is 432 g/mol. The van der Waals surface area contributed by atoms with E-state index in [4.69, 9.17) is 0 Å². The fourth-order valence-electron chi connectivity index (χ4n) is 3.39. The van der Waals surface area contributed by atoms with Gasteiger partial charge in [-0.15, -0.1) is 0 Å². The van der Waals surface area contributed by atoms with Crippen molar-refractivity contribution in [1.29, 1.82) is 0 Å². The van der Waals surface area contributed by atoms with E-state index in [2.05, 4.69) is 0 Å². The van der Waals surface area contributed by atoms with Crippen LogP contribution < -0.4 is 0 Å². The molecule has 1 aromatic rings. The first-order valence-corrected chi connectivity index (χ1v) is 9.20.